The number of carbonyl (C=O) groups excluding carboxylic acids is 2. The molecule has 3 aromatic carbocycles. The summed E-state index contributed by atoms with van der Waals surface area (Å²) < 4.78 is 28.7. The van der Waals surface area contributed by atoms with E-state index in [4.69, 9.17) is 23.2 Å². The lowest BCUT2D eigenvalue weighted by Crippen LogP contribution is -2.53. The van der Waals surface area contributed by atoms with Crippen LogP contribution >= 0.6 is 23.2 Å². The standard InChI is InChI=1S/C30H35Cl2N3O4S/c1-5-22(4)33-30(37)28(6-2)34(19-23-14-12-21(3)13-15-23)29(36)20-35(26-17-24(31)16-25(32)18-26)40(38,39)27-10-8-7-9-11-27/h7-18,22,28H,5-6,19-20H2,1-4H3,(H,33,37)/t22-,28+/m0/s1. The number of halogens is 2. The first-order valence-corrected chi connectivity index (χ1v) is 15.3. The van der Waals surface area contributed by atoms with Crippen molar-refractivity contribution < 1.29 is 18.0 Å². The van der Waals surface area contributed by atoms with Crippen LogP contribution in [0.3, 0.4) is 0 Å². The van der Waals surface area contributed by atoms with Crippen LogP contribution in [0.5, 0.6) is 0 Å². The van der Waals surface area contributed by atoms with Gasteiger partial charge in [-0.25, -0.2) is 8.42 Å². The number of anilines is 1. The number of aryl methyl sites for hydroxylation is 1. The van der Waals surface area contributed by atoms with Crippen LogP contribution in [0.4, 0.5) is 5.69 Å². The number of carbonyl (C=O) groups is 2. The minimum absolute atomic E-state index is 0.00513. The Morgan fingerprint density at radius 1 is 0.900 bits per heavy atom. The average Bonchev–Trinajstić information content (AvgIpc) is 2.92. The van der Waals surface area contributed by atoms with E-state index in [0.717, 1.165) is 21.9 Å². The maximum atomic E-state index is 14.1. The predicted molar refractivity (Wildman–Crippen MR) is 161 cm³/mol. The van der Waals surface area contributed by atoms with Gasteiger partial charge in [0.15, 0.2) is 0 Å². The van der Waals surface area contributed by atoms with Crippen LogP contribution in [0.1, 0.15) is 44.7 Å². The highest BCUT2D eigenvalue weighted by atomic mass is 35.5. The summed E-state index contributed by atoms with van der Waals surface area (Å²) in [7, 11) is -4.20. The van der Waals surface area contributed by atoms with Crippen LogP contribution in [0.15, 0.2) is 77.7 Å². The lowest BCUT2D eigenvalue weighted by atomic mass is 10.1. The van der Waals surface area contributed by atoms with Crippen molar-refractivity contribution in [3.05, 3.63) is 94.0 Å². The number of hydrogen-bond acceptors (Lipinski definition) is 4. The number of nitrogens with zero attached hydrogens (tertiary/aromatic N) is 2. The Balaban J connectivity index is 2.07. The van der Waals surface area contributed by atoms with E-state index in [9.17, 15) is 18.0 Å². The minimum atomic E-state index is -4.20. The van der Waals surface area contributed by atoms with Crippen LogP contribution < -0.4 is 9.62 Å². The van der Waals surface area contributed by atoms with Crippen LogP contribution in [0.2, 0.25) is 10.0 Å². The number of nitrogens with one attached hydrogen (secondary N) is 1. The number of hydrogen-bond donors (Lipinski definition) is 1. The number of rotatable bonds is 12. The van der Waals surface area contributed by atoms with Gasteiger partial charge in [0.1, 0.15) is 12.6 Å². The van der Waals surface area contributed by atoms with Crippen LogP contribution in [-0.2, 0) is 26.2 Å². The van der Waals surface area contributed by atoms with Crippen molar-refractivity contribution >= 4 is 50.7 Å². The summed E-state index contributed by atoms with van der Waals surface area (Å²) in [5.74, 6) is -0.831. The Morgan fingerprint density at radius 3 is 2.05 bits per heavy atom. The second-order valence-corrected chi connectivity index (χ2v) is 12.4. The molecule has 3 rings (SSSR count). The van der Waals surface area contributed by atoms with E-state index in [0.29, 0.717) is 6.42 Å². The molecule has 0 aliphatic carbocycles. The van der Waals surface area contributed by atoms with E-state index in [1.165, 1.54) is 35.2 Å². The van der Waals surface area contributed by atoms with Crippen LogP contribution in [0.25, 0.3) is 0 Å². The summed E-state index contributed by atoms with van der Waals surface area (Å²) in [4.78, 5) is 28.9. The molecule has 0 spiro atoms. The highest BCUT2D eigenvalue weighted by Crippen LogP contribution is 2.30. The molecule has 0 radical (unpaired) electrons. The fraction of sp³-hybridized carbons (Fsp3) is 0.333. The monoisotopic (exact) mass is 603 g/mol. The molecule has 10 heteroatoms. The molecule has 214 valence electrons. The molecule has 0 bridgehead atoms. The van der Waals surface area contributed by atoms with Gasteiger partial charge in [0, 0.05) is 22.6 Å². The van der Waals surface area contributed by atoms with Gasteiger partial charge in [0.2, 0.25) is 11.8 Å². The molecule has 0 fully saturated rings. The third kappa shape index (κ3) is 7.99. The molecule has 0 heterocycles. The van der Waals surface area contributed by atoms with Gasteiger partial charge in [-0.05, 0) is 62.6 Å². The zero-order valence-corrected chi connectivity index (χ0v) is 25.4. The second-order valence-electron chi connectivity index (χ2n) is 9.70. The topological polar surface area (TPSA) is 86.8 Å². The fourth-order valence-electron chi connectivity index (χ4n) is 4.18. The fourth-order valence-corrected chi connectivity index (χ4v) is 6.12. The second kappa shape index (κ2) is 14.0. The average molecular weight is 605 g/mol. The summed E-state index contributed by atoms with van der Waals surface area (Å²) in [6.07, 6.45) is 1.07. The van der Waals surface area contributed by atoms with Crippen molar-refractivity contribution in [1.29, 1.82) is 0 Å². The van der Waals surface area contributed by atoms with E-state index in [1.807, 2.05) is 52.0 Å². The summed E-state index contributed by atoms with van der Waals surface area (Å²) in [5, 5.41) is 3.41. The third-order valence-corrected chi connectivity index (χ3v) is 8.83. The van der Waals surface area contributed by atoms with Gasteiger partial charge in [-0.1, -0.05) is 85.1 Å². The molecular weight excluding hydrogens is 569 g/mol. The zero-order chi connectivity index (χ0) is 29.4. The molecule has 0 aliphatic heterocycles. The summed E-state index contributed by atoms with van der Waals surface area (Å²) in [6, 6.07) is 18.9. The van der Waals surface area contributed by atoms with Gasteiger partial charge >= 0.3 is 0 Å². The largest absolute Gasteiger partial charge is 0.352 e. The molecule has 2 atom stereocenters. The molecule has 0 unspecified atom stereocenters. The summed E-state index contributed by atoms with van der Waals surface area (Å²) >= 11 is 12.5. The predicted octanol–water partition coefficient (Wildman–Crippen LogP) is 6.22. The van der Waals surface area contributed by atoms with Crippen molar-refractivity contribution in [1.82, 2.24) is 10.2 Å². The number of benzene rings is 3. The first kappa shape index (κ1) is 31.5. The van der Waals surface area contributed by atoms with E-state index >= 15 is 0 Å². The molecule has 0 saturated heterocycles. The first-order valence-electron chi connectivity index (χ1n) is 13.2. The van der Waals surface area contributed by atoms with Crippen LogP contribution in [-0.4, -0.2) is 43.8 Å². The van der Waals surface area contributed by atoms with Gasteiger partial charge in [-0.15, -0.1) is 0 Å². The van der Waals surface area contributed by atoms with Gasteiger partial charge in [-0.3, -0.25) is 13.9 Å². The van der Waals surface area contributed by atoms with Crippen LogP contribution in [0, 0.1) is 6.92 Å². The van der Waals surface area contributed by atoms with Crippen molar-refractivity contribution in [2.45, 2.75) is 64.1 Å². The Morgan fingerprint density at radius 2 is 1.50 bits per heavy atom. The van der Waals surface area contributed by atoms with Crippen molar-refractivity contribution in [3.63, 3.8) is 0 Å². The van der Waals surface area contributed by atoms with Crippen molar-refractivity contribution in [3.8, 4) is 0 Å². The molecule has 0 aromatic heterocycles. The normalized spacial score (nSPS) is 12.8. The molecule has 0 saturated carbocycles. The lowest BCUT2D eigenvalue weighted by Gasteiger charge is -2.33. The highest BCUT2D eigenvalue weighted by molar-refractivity contribution is 7.92. The smallest absolute Gasteiger partial charge is 0.264 e. The first-order chi connectivity index (χ1) is 19.0. The molecule has 40 heavy (non-hydrogen) atoms. The Kier molecular flexibility index (Phi) is 11.0. The highest BCUT2D eigenvalue weighted by Gasteiger charge is 2.34. The van der Waals surface area contributed by atoms with E-state index in [2.05, 4.69) is 5.32 Å². The quantitative estimate of drug-likeness (QED) is 0.266. The van der Waals surface area contributed by atoms with Gasteiger partial charge in [0.25, 0.3) is 10.0 Å². The van der Waals surface area contributed by atoms with E-state index in [1.54, 1.807) is 18.2 Å². The Bertz CT molecular complexity index is 1400. The Labute approximate surface area is 247 Å². The molecule has 3 aromatic rings. The number of amides is 2. The maximum Gasteiger partial charge on any atom is 0.264 e. The van der Waals surface area contributed by atoms with Crippen molar-refractivity contribution in [2.75, 3.05) is 10.8 Å². The van der Waals surface area contributed by atoms with Crippen molar-refractivity contribution in [2.24, 2.45) is 0 Å². The third-order valence-electron chi connectivity index (χ3n) is 6.61. The molecular formula is C30H35Cl2N3O4S. The molecule has 7 nitrogen and oxygen atoms in total. The molecule has 2 amide bonds. The zero-order valence-electron chi connectivity index (χ0n) is 23.1. The summed E-state index contributed by atoms with van der Waals surface area (Å²) in [6.45, 7) is 7.21. The minimum Gasteiger partial charge on any atom is -0.352 e. The molecule has 1 N–H and O–H groups in total. The summed E-state index contributed by atoms with van der Waals surface area (Å²) in [5.41, 5.74) is 2.01. The SMILES string of the molecule is CC[C@H](C(=O)N[C@@H](C)CC)N(Cc1ccc(C)cc1)C(=O)CN(c1cc(Cl)cc(Cl)c1)S(=O)(=O)c1ccccc1. The van der Waals surface area contributed by atoms with Gasteiger partial charge in [-0.2, -0.15) is 0 Å². The Hall–Kier alpha value is -3.07. The molecule has 0 aliphatic rings. The number of sulfonamides is 1. The lowest BCUT2D eigenvalue weighted by molar-refractivity contribution is -0.140. The van der Waals surface area contributed by atoms with E-state index in [-0.39, 0.29) is 39.1 Å². The maximum absolute atomic E-state index is 14.1. The van der Waals surface area contributed by atoms with Gasteiger partial charge < -0.3 is 10.2 Å². The van der Waals surface area contributed by atoms with E-state index < -0.39 is 28.5 Å². The van der Waals surface area contributed by atoms with Gasteiger partial charge in [0.05, 0.1) is 10.6 Å².